The van der Waals surface area contributed by atoms with Crippen LogP contribution in [-0.4, -0.2) is 18.8 Å². The summed E-state index contributed by atoms with van der Waals surface area (Å²) in [4.78, 5) is 0. The van der Waals surface area contributed by atoms with Crippen molar-refractivity contribution < 1.29 is 13.9 Å². The van der Waals surface area contributed by atoms with E-state index < -0.39 is 12.5 Å². The summed E-state index contributed by atoms with van der Waals surface area (Å²) in [5, 5.41) is 11.7. The maximum atomic E-state index is 13.4. The molecule has 0 saturated heterocycles. The lowest BCUT2D eigenvalue weighted by molar-refractivity contribution is -0.0561. The fourth-order valence-corrected chi connectivity index (χ4v) is 1.76. The van der Waals surface area contributed by atoms with Gasteiger partial charge in [0, 0.05) is 11.6 Å². The smallest absolute Gasteiger partial charge is 0.296 e. The van der Waals surface area contributed by atoms with Crippen LogP contribution in [0.1, 0.15) is 29.7 Å². The van der Waals surface area contributed by atoms with Gasteiger partial charge in [-0.15, -0.1) is 0 Å². The number of aliphatic hydroxyl groups excluding tert-OH is 1. The first-order valence-electron chi connectivity index (χ1n) is 5.20. The van der Waals surface area contributed by atoms with Crippen LogP contribution >= 0.6 is 0 Å². The van der Waals surface area contributed by atoms with Gasteiger partial charge in [0.15, 0.2) is 0 Å². The lowest BCUT2D eigenvalue weighted by atomic mass is 9.94. The molecule has 0 spiro atoms. The molecule has 4 heteroatoms. The van der Waals surface area contributed by atoms with Crippen molar-refractivity contribution in [1.82, 2.24) is 5.32 Å². The van der Waals surface area contributed by atoms with Gasteiger partial charge in [-0.1, -0.05) is 18.2 Å². The van der Waals surface area contributed by atoms with Crippen molar-refractivity contribution in [3.05, 3.63) is 34.9 Å². The van der Waals surface area contributed by atoms with E-state index in [2.05, 4.69) is 5.32 Å². The van der Waals surface area contributed by atoms with Crippen molar-refractivity contribution in [1.29, 1.82) is 0 Å². The number of alkyl halides is 2. The Kier molecular flexibility index (Phi) is 3.99. The van der Waals surface area contributed by atoms with E-state index in [0.717, 1.165) is 5.56 Å². The SMILES string of the molecule is CN[C@H](C)c1cccc(C(F)(F)CO)c1C. The summed E-state index contributed by atoms with van der Waals surface area (Å²) < 4.78 is 26.8. The van der Waals surface area contributed by atoms with Crippen LogP contribution in [0.4, 0.5) is 8.78 Å². The monoisotopic (exact) mass is 229 g/mol. The Hall–Kier alpha value is -1.00. The number of aliphatic hydroxyl groups is 1. The fourth-order valence-electron chi connectivity index (χ4n) is 1.76. The summed E-state index contributed by atoms with van der Waals surface area (Å²) in [6.45, 7) is 2.40. The third kappa shape index (κ3) is 2.39. The molecule has 1 rings (SSSR count). The van der Waals surface area contributed by atoms with E-state index in [4.69, 9.17) is 5.11 Å². The molecule has 1 atom stereocenters. The molecular formula is C12H17F2NO. The van der Waals surface area contributed by atoms with Crippen LogP contribution in [0.15, 0.2) is 18.2 Å². The Morgan fingerprint density at radius 3 is 2.56 bits per heavy atom. The minimum atomic E-state index is -3.17. The highest BCUT2D eigenvalue weighted by Gasteiger charge is 2.32. The zero-order valence-corrected chi connectivity index (χ0v) is 9.72. The third-order valence-corrected chi connectivity index (χ3v) is 2.87. The first kappa shape index (κ1) is 13.1. The van der Waals surface area contributed by atoms with Crippen LogP contribution in [0.5, 0.6) is 0 Å². The van der Waals surface area contributed by atoms with Crippen LogP contribution in [0.2, 0.25) is 0 Å². The number of rotatable bonds is 4. The van der Waals surface area contributed by atoms with Crippen molar-refractivity contribution in [2.24, 2.45) is 0 Å². The molecule has 16 heavy (non-hydrogen) atoms. The summed E-state index contributed by atoms with van der Waals surface area (Å²) in [7, 11) is 1.78. The molecule has 2 nitrogen and oxygen atoms in total. The number of halogens is 2. The maximum Gasteiger partial charge on any atom is 0.296 e. The molecule has 0 aromatic heterocycles. The van der Waals surface area contributed by atoms with Crippen LogP contribution < -0.4 is 5.32 Å². The summed E-state index contributed by atoms with van der Waals surface area (Å²) in [6.07, 6.45) is 0. The molecule has 90 valence electrons. The second-order valence-corrected chi connectivity index (χ2v) is 3.89. The van der Waals surface area contributed by atoms with Gasteiger partial charge >= 0.3 is 0 Å². The molecule has 0 aliphatic carbocycles. The molecule has 0 amide bonds. The zero-order chi connectivity index (χ0) is 12.3. The van der Waals surface area contributed by atoms with Crippen molar-refractivity contribution in [2.75, 3.05) is 13.7 Å². The molecule has 1 aromatic rings. The van der Waals surface area contributed by atoms with Crippen LogP contribution in [-0.2, 0) is 5.92 Å². The molecule has 0 bridgehead atoms. The van der Waals surface area contributed by atoms with Gasteiger partial charge in [-0.25, -0.2) is 0 Å². The van der Waals surface area contributed by atoms with E-state index >= 15 is 0 Å². The predicted octanol–water partition coefficient (Wildman–Crippen LogP) is 2.36. The number of nitrogens with one attached hydrogen (secondary N) is 1. The van der Waals surface area contributed by atoms with E-state index in [-0.39, 0.29) is 11.6 Å². The van der Waals surface area contributed by atoms with E-state index in [0.29, 0.717) is 5.56 Å². The van der Waals surface area contributed by atoms with E-state index in [9.17, 15) is 8.78 Å². The molecule has 0 aliphatic heterocycles. The van der Waals surface area contributed by atoms with E-state index in [1.807, 2.05) is 13.0 Å². The standard InChI is InChI=1S/C12H17F2NO/c1-8-10(9(2)15-3)5-4-6-11(8)12(13,14)7-16/h4-6,9,15-16H,7H2,1-3H3/t9-/m1/s1. The first-order chi connectivity index (χ1) is 7.44. The minimum absolute atomic E-state index is 0.00874. The molecule has 1 aromatic carbocycles. The molecule has 0 saturated carbocycles. The Labute approximate surface area is 94.3 Å². The van der Waals surface area contributed by atoms with Gasteiger partial charge < -0.3 is 10.4 Å². The largest absolute Gasteiger partial charge is 0.390 e. The Morgan fingerprint density at radius 1 is 1.44 bits per heavy atom. The lowest BCUT2D eigenvalue weighted by Gasteiger charge is -2.21. The summed E-state index contributed by atoms with van der Waals surface area (Å²) in [5.41, 5.74) is 1.26. The summed E-state index contributed by atoms with van der Waals surface area (Å²) >= 11 is 0. The molecule has 0 radical (unpaired) electrons. The molecule has 0 unspecified atom stereocenters. The van der Waals surface area contributed by atoms with E-state index in [1.165, 1.54) is 6.07 Å². The molecule has 2 N–H and O–H groups in total. The Balaban J connectivity index is 3.24. The van der Waals surface area contributed by atoms with Crippen LogP contribution in [0, 0.1) is 6.92 Å². The van der Waals surface area contributed by atoms with Crippen molar-refractivity contribution in [3.63, 3.8) is 0 Å². The van der Waals surface area contributed by atoms with E-state index in [1.54, 1.807) is 20.0 Å². The lowest BCUT2D eigenvalue weighted by Crippen LogP contribution is -2.22. The van der Waals surface area contributed by atoms with Crippen molar-refractivity contribution in [3.8, 4) is 0 Å². The van der Waals surface area contributed by atoms with Gasteiger partial charge in [0.2, 0.25) is 0 Å². The first-order valence-corrected chi connectivity index (χ1v) is 5.20. The van der Waals surface area contributed by atoms with Gasteiger partial charge in [-0.3, -0.25) is 0 Å². The number of hydrogen-bond acceptors (Lipinski definition) is 2. The maximum absolute atomic E-state index is 13.4. The summed E-state index contributed by atoms with van der Waals surface area (Å²) in [6, 6.07) is 4.77. The van der Waals surface area contributed by atoms with Crippen LogP contribution in [0.25, 0.3) is 0 Å². The van der Waals surface area contributed by atoms with Gasteiger partial charge in [-0.05, 0) is 32.0 Å². The number of benzene rings is 1. The van der Waals surface area contributed by atoms with Gasteiger partial charge in [0.1, 0.15) is 6.61 Å². The zero-order valence-electron chi connectivity index (χ0n) is 9.72. The molecule has 0 aliphatic rings. The third-order valence-electron chi connectivity index (χ3n) is 2.87. The molecule has 0 heterocycles. The van der Waals surface area contributed by atoms with Crippen molar-refractivity contribution in [2.45, 2.75) is 25.8 Å². The highest BCUT2D eigenvalue weighted by molar-refractivity contribution is 5.38. The van der Waals surface area contributed by atoms with Gasteiger partial charge in [-0.2, -0.15) is 8.78 Å². The predicted molar refractivity (Wildman–Crippen MR) is 59.6 cm³/mol. The highest BCUT2D eigenvalue weighted by Crippen LogP contribution is 2.32. The van der Waals surface area contributed by atoms with Gasteiger partial charge in [0.25, 0.3) is 5.92 Å². The second-order valence-electron chi connectivity index (χ2n) is 3.89. The topological polar surface area (TPSA) is 32.3 Å². The Bertz CT molecular complexity index is 366. The Morgan fingerprint density at radius 2 is 2.06 bits per heavy atom. The quantitative estimate of drug-likeness (QED) is 0.830. The average molecular weight is 229 g/mol. The summed E-state index contributed by atoms with van der Waals surface area (Å²) in [5.74, 6) is -3.17. The van der Waals surface area contributed by atoms with Crippen LogP contribution in [0.3, 0.4) is 0 Å². The normalized spacial score (nSPS) is 13.9. The molecule has 0 fully saturated rings. The highest BCUT2D eigenvalue weighted by atomic mass is 19.3. The van der Waals surface area contributed by atoms with Gasteiger partial charge in [0.05, 0.1) is 0 Å². The second kappa shape index (κ2) is 4.89. The van der Waals surface area contributed by atoms with Crippen molar-refractivity contribution >= 4 is 0 Å². The average Bonchev–Trinajstić information content (AvgIpc) is 2.28. The minimum Gasteiger partial charge on any atom is -0.390 e. The number of hydrogen-bond donors (Lipinski definition) is 2. The fraction of sp³-hybridized carbons (Fsp3) is 0.500. The molecular weight excluding hydrogens is 212 g/mol.